The summed E-state index contributed by atoms with van der Waals surface area (Å²) in [4.78, 5) is 3.88. The standard InChI is InChI=1S/C19H36N2O14S.Na/c1-9(23)21-12-17(14(25)10(7-22)33-18(12)31-6-4-2-3-5-20)35-19-16(27)15(26)13(24)11(34-19)8-32-36(28,29)30;/h10-19,22,24-27H,2-8,20H2,1H3,(H,21,23)(H,28,29,30);/q;+1/p-1/t10-,11-,12-,13-,14+,15+,16-,17-,18-,19+;/m1./s1. The molecule has 0 spiro atoms. The SMILES string of the molecule is CC([O-])=N[C@H]1[C@H](OCCCCCN)O[C@H](CO)[C@H](O)[C@@H]1O[C@@H]1O[C@H](COS(=O)(=O)O)[C@@H](O)[C@H](O)[C@H]1O.[Na+]. The summed E-state index contributed by atoms with van der Waals surface area (Å²) in [6.07, 6.45) is -12.6. The molecule has 16 nitrogen and oxygen atoms in total. The number of hydrogen-bond acceptors (Lipinski definition) is 15. The minimum atomic E-state index is -4.92. The molecule has 0 aromatic carbocycles. The molecule has 0 bridgehead atoms. The fraction of sp³-hybridized carbons (Fsp3) is 0.947. The van der Waals surface area contributed by atoms with Gasteiger partial charge in [0.05, 0.1) is 13.2 Å². The number of aliphatic imine (C=N–C) groups is 1. The van der Waals surface area contributed by atoms with Crippen LogP contribution in [0.2, 0.25) is 0 Å². The Morgan fingerprint density at radius 2 is 1.65 bits per heavy atom. The van der Waals surface area contributed by atoms with Crippen molar-refractivity contribution < 1.29 is 96.3 Å². The molecule has 0 unspecified atom stereocenters. The molecule has 2 heterocycles. The molecular weight excluding hydrogens is 535 g/mol. The van der Waals surface area contributed by atoms with Gasteiger partial charge in [-0.05, 0) is 38.6 Å². The largest absolute Gasteiger partial charge is 1.00 e. The monoisotopic (exact) mass is 570 g/mol. The molecule has 0 aromatic heterocycles. The molecule has 0 saturated carbocycles. The van der Waals surface area contributed by atoms with Gasteiger partial charge < -0.3 is 55.3 Å². The molecule has 2 aliphatic heterocycles. The van der Waals surface area contributed by atoms with Crippen LogP contribution in [-0.4, -0.2) is 132 Å². The number of rotatable bonds is 13. The average molecular weight is 571 g/mol. The second kappa shape index (κ2) is 16.3. The van der Waals surface area contributed by atoms with E-state index in [2.05, 4.69) is 9.18 Å². The zero-order chi connectivity index (χ0) is 27.0. The summed E-state index contributed by atoms with van der Waals surface area (Å²) >= 11 is 0. The van der Waals surface area contributed by atoms with Crippen LogP contribution in [0.3, 0.4) is 0 Å². The van der Waals surface area contributed by atoms with Crippen LogP contribution >= 0.6 is 0 Å². The van der Waals surface area contributed by atoms with Crippen molar-refractivity contribution in [2.24, 2.45) is 10.7 Å². The molecule has 212 valence electrons. The van der Waals surface area contributed by atoms with E-state index in [1.165, 1.54) is 0 Å². The smallest absolute Gasteiger partial charge is 0.862 e. The van der Waals surface area contributed by atoms with Crippen molar-refractivity contribution in [3.8, 4) is 0 Å². The Kier molecular flexibility index (Phi) is 15.4. The molecule has 37 heavy (non-hydrogen) atoms. The van der Waals surface area contributed by atoms with E-state index in [1.807, 2.05) is 0 Å². The van der Waals surface area contributed by atoms with E-state index in [0.29, 0.717) is 13.0 Å². The van der Waals surface area contributed by atoms with Crippen LogP contribution in [0.1, 0.15) is 26.2 Å². The van der Waals surface area contributed by atoms with E-state index < -0.39 is 90.9 Å². The summed E-state index contributed by atoms with van der Waals surface area (Å²) in [5.41, 5.74) is 5.46. The Morgan fingerprint density at radius 3 is 2.22 bits per heavy atom. The quantitative estimate of drug-likeness (QED) is 0.0356. The maximum Gasteiger partial charge on any atom is 1.00 e. The molecule has 2 rings (SSSR count). The number of aliphatic hydroxyl groups is 5. The number of nitrogens with zero attached hydrogens (tertiary/aromatic N) is 1. The second-order valence-corrected chi connectivity index (χ2v) is 9.49. The van der Waals surface area contributed by atoms with E-state index in [0.717, 1.165) is 19.8 Å². The van der Waals surface area contributed by atoms with Crippen LogP contribution < -0.4 is 40.4 Å². The van der Waals surface area contributed by atoms with E-state index in [-0.39, 0.29) is 36.2 Å². The summed E-state index contributed by atoms with van der Waals surface area (Å²) in [6, 6.07) is -1.30. The van der Waals surface area contributed by atoms with Crippen LogP contribution in [0.4, 0.5) is 0 Å². The Bertz CT molecular complexity index is 804. The minimum Gasteiger partial charge on any atom is -0.862 e. The zero-order valence-electron chi connectivity index (χ0n) is 20.6. The predicted molar refractivity (Wildman–Crippen MR) is 117 cm³/mol. The molecule has 0 aliphatic carbocycles. The van der Waals surface area contributed by atoms with Crippen molar-refractivity contribution in [1.29, 1.82) is 0 Å². The molecule has 0 amide bonds. The fourth-order valence-corrected chi connectivity index (χ4v) is 4.10. The molecule has 2 fully saturated rings. The van der Waals surface area contributed by atoms with Crippen LogP contribution in [0.25, 0.3) is 0 Å². The summed E-state index contributed by atoms with van der Waals surface area (Å²) in [5.74, 6) is -0.677. The maximum atomic E-state index is 11.8. The van der Waals surface area contributed by atoms with Crippen molar-refractivity contribution in [3.63, 3.8) is 0 Å². The van der Waals surface area contributed by atoms with Crippen LogP contribution in [0.5, 0.6) is 0 Å². The first-order valence-corrected chi connectivity index (χ1v) is 12.7. The molecule has 18 heteroatoms. The third-order valence-electron chi connectivity index (χ3n) is 5.62. The molecule has 0 aromatic rings. The third-order valence-corrected chi connectivity index (χ3v) is 6.06. The van der Waals surface area contributed by atoms with Crippen molar-refractivity contribution in [2.75, 3.05) is 26.4 Å². The first-order valence-electron chi connectivity index (χ1n) is 11.3. The van der Waals surface area contributed by atoms with Gasteiger partial charge in [-0.25, -0.2) is 4.18 Å². The van der Waals surface area contributed by atoms with Gasteiger partial charge >= 0.3 is 40.0 Å². The Labute approximate surface area is 236 Å². The summed E-state index contributed by atoms with van der Waals surface area (Å²) in [7, 11) is -4.92. The van der Waals surface area contributed by atoms with Gasteiger partial charge in [0.15, 0.2) is 12.6 Å². The molecular formula is C19H35N2NaO14S. The van der Waals surface area contributed by atoms with Crippen LogP contribution in [0.15, 0.2) is 4.99 Å². The van der Waals surface area contributed by atoms with Gasteiger partial charge in [0, 0.05) is 6.61 Å². The van der Waals surface area contributed by atoms with Gasteiger partial charge in [-0.1, -0.05) is 0 Å². The summed E-state index contributed by atoms with van der Waals surface area (Å²) in [6.45, 7) is 0.167. The van der Waals surface area contributed by atoms with Crippen molar-refractivity contribution in [2.45, 2.75) is 87.5 Å². The van der Waals surface area contributed by atoms with E-state index in [1.54, 1.807) is 0 Å². The minimum absolute atomic E-state index is 0. The summed E-state index contributed by atoms with van der Waals surface area (Å²) < 4.78 is 57.0. The predicted octanol–water partition coefficient (Wildman–Crippen LogP) is -7.63. The Morgan fingerprint density at radius 1 is 1.00 bits per heavy atom. The topological polar surface area (TPSA) is 263 Å². The Balaban J connectivity index is 0.00000684. The third kappa shape index (κ3) is 10.5. The number of nitrogens with two attached hydrogens (primary N) is 1. The van der Waals surface area contributed by atoms with E-state index in [4.69, 9.17) is 29.2 Å². The molecule has 10 atom stereocenters. The number of aliphatic hydroxyl groups excluding tert-OH is 5. The Hall–Kier alpha value is -0.0600. The molecule has 8 N–H and O–H groups in total. The van der Waals surface area contributed by atoms with Crippen LogP contribution in [-0.2, 0) is 33.5 Å². The van der Waals surface area contributed by atoms with E-state index >= 15 is 0 Å². The summed E-state index contributed by atoms with van der Waals surface area (Å²) in [5, 5.41) is 62.9. The average Bonchev–Trinajstić information content (AvgIpc) is 2.80. The van der Waals surface area contributed by atoms with Gasteiger partial charge in [0.1, 0.15) is 48.8 Å². The van der Waals surface area contributed by atoms with Gasteiger partial charge in [0.25, 0.3) is 0 Å². The first kappa shape index (κ1) is 35.0. The number of unbranched alkanes of at least 4 members (excludes halogenated alkanes) is 2. The number of ether oxygens (including phenoxy) is 4. The second-order valence-electron chi connectivity index (χ2n) is 8.40. The molecule has 2 aliphatic rings. The van der Waals surface area contributed by atoms with E-state index in [9.17, 15) is 39.1 Å². The van der Waals surface area contributed by atoms with Crippen molar-refractivity contribution in [3.05, 3.63) is 0 Å². The number of hydrogen-bond donors (Lipinski definition) is 7. The van der Waals surface area contributed by atoms with Gasteiger partial charge in [-0.2, -0.15) is 8.42 Å². The first-order chi connectivity index (χ1) is 16.9. The molecule has 0 radical (unpaired) electrons. The van der Waals surface area contributed by atoms with Gasteiger partial charge in [-0.3, -0.25) is 9.55 Å². The van der Waals surface area contributed by atoms with Crippen LogP contribution in [0, 0.1) is 0 Å². The fourth-order valence-electron chi connectivity index (χ4n) is 3.79. The van der Waals surface area contributed by atoms with Gasteiger partial charge in [0.2, 0.25) is 0 Å². The van der Waals surface area contributed by atoms with Crippen molar-refractivity contribution >= 4 is 16.3 Å². The maximum absolute atomic E-state index is 11.8. The zero-order valence-corrected chi connectivity index (χ0v) is 23.4. The molecule has 2 saturated heterocycles. The van der Waals surface area contributed by atoms with Gasteiger partial charge in [-0.15, -0.1) is 0 Å². The van der Waals surface area contributed by atoms with Crippen molar-refractivity contribution in [1.82, 2.24) is 0 Å². The normalized spacial score (nSPS) is 37.2.